The predicted octanol–water partition coefficient (Wildman–Crippen LogP) is 3.53. The minimum atomic E-state index is -4.54. The smallest absolute Gasteiger partial charge is 0.433 e. The van der Waals surface area contributed by atoms with E-state index in [0.717, 1.165) is 6.07 Å². The number of fused-ring (bicyclic) bond motifs is 1. The fraction of sp³-hybridized carbons (Fsp3) is 0.278. The zero-order chi connectivity index (χ0) is 19.6. The molecule has 0 saturated carbocycles. The third kappa shape index (κ3) is 4.18. The van der Waals surface area contributed by atoms with Crippen molar-refractivity contribution >= 4 is 16.9 Å². The van der Waals surface area contributed by atoms with Crippen molar-refractivity contribution in [2.45, 2.75) is 19.5 Å². The number of carbonyl (C=O) groups is 1. The summed E-state index contributed by atoms with van der Waals surface area (Å²) in [6, 6.07) is 7.70. The van der Waals surface area contributed by atoms with Gasteiger partial charge in [-0.15, -0.1) is 0 Å². The summed E-state index contributed by atoms with van der Waals surface area (Å²) in [5, 5.41) is 3.29. The maximum Gasteiger partial charge on any atom is 0.433 e. The fourth-order valence-corrected chi connectivity index (χ4v) is 2.57. The van der Waals surface area contributed by atoms with Crippen LogP contribution in [0.3, 0.4) is 0 Å². The van der Waals surface area contributed by atoms with Crippen molar-refractivity contribution in [1.82, 2.24) is 15.3 Å². The quantitative estimate of drug-likeness (QED) is 0.734. The van der Waals surface area contributed by atoms with E-state index in [-0.39, 0.29) is 30.2 Å². The van der Waals surface area contributed by atoms with Crippen molar-refractivity contribution in [3.8, 4) is 5.75 Å². The van der Waals surface area contributed by atoms with E-state index in [0.29, 0.717) is 16.7 Å². The third-order valence-corrected chi connectivity index (χ3v) is 3.78. The Kier molecular flexibility index (Phi) is 5.02. The van der Waals surface area contributed by atoms with Gasteiger partial charge in [0, 0.05) is 24.0 Å². The van der Waals surface area contributed by atoms with E-state index in [4.69, 9.17) is 9.15 Å². The Labute approximate surface area is 152 Å². The summed E-state index contributed by atoms with van der Waals surface area (Å²) in [4.78, 5) is 19.7. The molecule has 27 heavy (non-hydrogen) atoms. The van der Waals surface area contributed by atoms with Crippen molar-refractivity contribution in [2.24, 2.45) is 0 Å². The Morgan fingerprint density at radius 2 is 2.04 bits per heavy atom. The van der Waals surface area contributed by atoms with Crippen LogP contribution in [-0.4, -0.2) is 29.5 Å². The van der Waals surface area contributed by atoms with Gasteiger partial charge in [0.25, 0.3) is 5.91 Å². The van der Waals surface area contributed by atoms with Crippen molar-refractivity contribution < 1.29 is 27.1 Å². The molecule has 0 aliphatic heterocycles. The van der Waals surface area contributed by atoms with E-state index in [1.165, 1.54) is 14.0 Å². The van der Waals surface area contributed by atoms with Crippen LogP contribution in [0, 0.1) is 6.92 Å². The highest BCUT2D eigenvalue weighted by Gasteiger charge is 2.33. The number of furan rings is 1. The summed E-state index contributed by atoms with van der Waals surface area (Å²) in [7, 11) is 1.49. The van der Waals surface area contributed by atoms with E-state index in [1.54, 1.807) is 24.3 Å². The molecule has 0 aliphatic carbocycles. The predicted molar refractivity (Wildman–Crippen MR) is 90.6 cm³/mol. The summed E-state index contributed by atoms with van der Waals surface area (Å²) in [6.07, 6.45) is -4.49. The number of para-hydroxylation sites is 1. The number of methoxy groups -OCH3 is 1. The first kappa shape index (κ1) is 18.7. The number of hydrogen-bond acceptors (Lipinski definition) is 5. The highest BCUT2D eigenvalue weighted by atomic mass is 19.4. The number of ether oxygens (including phenoxy) is 1. The molecule has 2 aromatic heterocycles. The van der Waals surface area contributed by atoms with Crippen LogP contribution in [0.5, 0.6) is 5.75 Å². The molecule has 0 bridgehead atoms. The van der Waals surface area contributed by atoms with Gasteiger partial charge in [-0.05, 0) is 25.1 Å². The van der Waals surface area contributed by atoms with Crippen molar-refractivity contribution in [3.05, 3.63) is 53.3 Å². The standard InChI is InChI=1S/C18H16F3N3O3/c1-10-8-14(18(19,20)21)24-15(23-10)6-7-22-17(25)13-9-11-4-3-5-12(26-2)16(11)27-13/h3-5,8-9H,6-7H2,1-2H3,(H,22,25). The van der Waals surface area contributed by atoms with Gasteiger partial charge in [0.05, 0.1) is 7.11 Å². The molecule has 0 unspecified atom stereocenters. The number of rotatable bonds is 5. The molecule has 1 amide bonds. The minimum Gasteiger partial charge on any atom is -0.493 e. The number of carbonyl (C=O) groups excluding carboxylic acids is 1. The maximum absolute atomic E-state index is 12.8. The summed E-state index contributed by atoms with van der Waals surface area (Å²) in [5.41, 5.74) is -0.342. The van der Waals surface area contributed by atoms with Crippen LogP contribution in [0.15, 0.2) is 34.7 Å². The molecule has 1 aromatic carbocycles. The molecule has 6 nitrogen and oxygen atoms in total. The van der Waals surface area contributed by atoms with Crippen LogP contribution in [-0.2, 0) is 12.6 Å². The Morgan fingerprint density at radius 1 is 1.26 bits per heavy atom. The lowest BCUT2D eigenvalue weighted by molar-refractivity contribution is -0.141. The van der Waals surface area contributed by atoms with Crippen LogP contribution in [0.2, 0.25) is 0 Å². The molecule has 142 valence electrons. The number of nitrogens with zero attached hydrogens (tertiary/aromatic N) is 2. The summed E-state index contributed by atoms with van der Waals surface area (Å²) in [6.45, 7) is 1.52. The van der Waals surface area contributed by atoms with Gasteiger partial charge >= 0.3 is 6.18 Å². The molecule has 1 N–H and O–H groups in total. The van der Waals surface area contributed by atoms with Crippen LogP contribution in [0.1, 0.15) is 27.8 Å². The second-order valence-electron chi connectivity index (χ2n) is 5.80. The normalized spacial score (nSPS) is 11.6. The molecule has 0 aliphatic rings. The Hall–Kier alpha value is -3.10. The molecule has 0 fully saturated rings. The van der Waals surface area contributed by atoms with E-state index < -0.39 is 17.8 Å². The molecule has 0 radical (unpaired) electrons. The average molecular weight is 379 g/mol. The lowest BCUT2D eigenvalue weighted by Crippen LogP contribution is -2.26. The van der Waals surface area contributed by atoms with Gasteiger partial charge in [-0.2, -0.15) is 13.2 Å². The van der Waals surface area contributed by atoms with E-state index in [9.17, 15) is 18.0 Å². The van der Waals surface area contributed by atoms with Crippen LogP contribution in [0.4, 0.5) is 13.2 Å². The zero-order valence-corrected chi connectivity index (χ0v) is 14.6. The maximum atomic E-state index is 12.8. The van der Waals surface area contributed by atoms with Gasteiger partial charge < -0.3 is 14.5 Å². The second kappa shape index (κ2) is 7.26. The Morgan fingerprint density at radius 3 is 2.74 bits per heavy atom. The number of hydrogen-bond donors (Lipinski definition) is 1. The number of aryl methyl sites for hydroxylation is 1. The monoisotopic (exact) mass is 379 g/mol. The number of halogens is 3. The minimum absolute atomic E-state index is 0.00824. The first-order chi connectivity index (χ1) is 12.8. The summed E-state index contributed by atoms with van der Waals surface area (Å²) in [5.74, 6) is 0.0980. The molecular formula is C18H16F3N3O3. The third-order valence-electron chi connectivity index (χ3n) is 3.78. The van der Waals surface area contributed by atoms with E-state index in [1.807, 2.05) is 0 Å². The van der Waals surface area contributed by atoms with Crippen LogP contribution >= 0.6 is 0 Å². The van der Waals surface area contributed by atoms with Gasteiger partial charge in [0.15, 0.2) is 17.1 Å². The lowest BCUT2D eigenvalue weighted by atomic mass is 10.2. The number of nitrogens with one attached hydrogen (secondary N) is 1. The first-order valence-electron chi connectivity index (χ1n) is 8.04. The van der Waals surface area contributed by atoms with Gasteiger partial charge in [-0.1, -0.05) is 12.1 Å². The van der Waals surface area contributed by atoms with Gasteiger partial charge in [-0.25, -0.2) is 9.97 Å². The number of benzene rings is 1. The lowest BCUT2D eigenvalue weighted by Gasteiger charge is -2.09. The molecule has 0 atom stereocenters. The van der Waals surface area contributed by atoms with Crippen molar-refractivity contribution in [2.75, 3.05) is 13.7 Å². The molecule has 0 saturated heterocycles. The van der Waals surface area contributed by atoms with Gasteiger partial charge in [0.1, 0.15) is 11.5 Å². The summed E-state index contributed by atoms with van der Waals surface area (Å²) < 4.78 is 49.1. The highest BCUT2D eigenvalue weighted by molar-refractivity contribution is 5.97. The molecule has 0 spiro atoms. The SMILES string of the molecule is COc1cccc2cc(C(=O)NCCc3nc(C)cc(C(F)(F)F)n3)oc12. The number of alkyl halides is 3. The Bertz CT molecular complexity index is 983. The number of aromatic nitrogens is 2. The van der Waals surface area contributed by atoms with E-state index in [2.05, 4.69) is 15.3 Å². The topological polar surface area (TPSA) is 77.2 Å². The van der Waals surface area contributed by atoms with Crippen molar-refractivity contribution in [3.63, 3.8) is 0 Å². The molecule has 3 aromatic rings. The number of amides is 1. The highest BCUT2D eigenvalue weighted by Crippen LogP contribution is 2.29. The molecule has 9 heteroatoms. The van der Waals surface area contributed by atoms with Gasteiger partial charge in [0.2, 0.25) is 0 Å². The molecule has 3 rings (SSSR count). The van der Waals surface area contributed by atoms with Crippen LogP contribution in [0.25, 0.3) is 11.0 Å². The zero-order valence-electron chi connectivity index (χ0n) is 14.6. The second-order valence-corrected chi connectivity index (χ2v) is 5.80. The average Bonchev–Trinajstić information content (AvgIpc) is 3.04. The van der Waals surface area contributed by atoms with Crippen LogP contribution < -0.4 is 10.1 Å². The fourth-order valence-electron chi connectivity index (χ4n) is 2.57. The van der Waals surface area contributed by atoms with Gasteiger partial charge in [-0.3, -0.25) is 4.79 Å². The van der Waals surface area contributed by atoms with Crippen molar-refractivity contribution in [1.29, 1.82) is 0 Å². The molecular weight excluding hydrogens is 363 g/mol. The largest absolute Gasteiger partial charge is 0.493 e. The molecule has 2 heterocycles. The Balaban J connectivity index is 1.67. The first-order valence-corrected chi connectivity index (χ1v) is 8.04. The summed E-state index contributed by atoms with van der Waals surface area (Å²) >= 11 is 0. The van der Waals surface area contributed by atoms with E-state index >= 15 is 0 Å².